The number of hydrogen-bond acceptors (Lipinski definition) is 4. The molecular formula is C21H23ClN4O. The van der Waals surface area contributed by atoms with Gasteiger partial charge in [-0.2, -0.15) is 0 Å². The zero-order valence-corrected chi connectivity index (χ0v) is 16.8. The summed E-state index contributed by atoms with van der Waals surface area (Å²) in [5.41, 5.74) is 4.46. The minimum atomic E-state index is -0.0688. The van der Waals surface area contributed by atoms with Crippen LogP contribution in [0.5, 0.6) is 0 Å². The maximum absolute atomic E-state index is 13.1. The Kier molecular flexibility index (Phi) is 5.61. The molecule has 1 aromatic carbocycles. The number of benzene rings is 1. The zero-order valence-electron chi connectivity index (χ0n) is 16.0. The van der Waals surface area contributed by atoms with Crippen molar-refractivity contribution in [2.45, 2.75) is 27.7 Å². The van der Waals surface area contributed by atoms with E-state index >= 15 is 0 Å². The van der Waals surface area contributed by atoms with E-state index in [4.69, 9.17) is 11.6 Å². The van der Waals surface area contributed by atoms with Crippen LogP contribution in [-0.4, -0.2) is 33.9 Å². The number of halogens is 1. The lowest BCUT2D eigenvalue weighted by molar-refractivity contribution is 0.0774. The van der Waals surface area contributed by atoms with Gasteiger partial charge in [0.25, 0.3) is 5.91 Å². The Hall–Kier alpha value is -2.66. The van der Waals surface area contributed by atoms with Crippen LogP contribution in [0.25, 0.3) is 11.0 Å². The number of hydrogen-bond donors (Lipinski definition) is 1. The average molecular weight is 383 g/mol. The van der Waals surface area contributed by atoms with Crippen LogP contribution in [0, 0.1) is 13.8 Å². The van der Waals surface area contributed by atoms with E-state index in [0.29, 0.717) is 35.0 Å². The highest BCUT2D eigenvalue weighted by molar-refractivity contribution is 6.33. The molecule has 6 heteroatoms. The summed E-state index contributed by atoms with van der Waals surface area (Å²) in [4.78, 5) is 23.7. The van der Waals surface area contributed by atoms with Crippen molar-refractivity contribution in [2.75, 3.05) is 18.4 Å². The second kappa shape index (κ2) is 7.92. The van der Waals surface area contributed by atoms with Crippen molar-refractivity contribution >= 4 is 39.9 Å². The summed E-state index contributed by atoms with van der Waals surface area (Å²) in [7, 11) is 0. The van der Waals surface area contributed by atoms with Gasteiger partial charge in [0.05, 0.1) is 22.0 Å². The van der Waals surface area contributed by atoms with Gasteiger partial charge >= 0.3 is 0 Å². The normalized spacial score (nSPS) is 10.9. The Morgan fingerprint density at radius 3 is 2.56 bits per heavy atom. The Balaban J connectivity index is 2.19. The van der Waals surface area contributed by atoms with Gasteiger partial charge in [-0.3, -0.25) is 4.79 Å². The van der Waals surface area contributed by atoms with E-state index in [0.717, 1.165) is 22.3 Å². The number of anilines is 2. The number of carbonyl (C=O) groups excluding carboxylic acids is 1. The van der Waals surface area contributed by atoms with Crippen molar-refractivity contribution < 1.29 is 4.79 Å². The van der Waals surface area contributed by atoms with Crippen molar-refractivity contribution in [2.24, 2.45) is 0 Å². The van der Waals surface area contributed by atoms with Gasteiger partial charge in [0.1, 0.15) is 0 Å². The first-order valence-electron chi connectivity index (χ1n) is 9.03. The van der Waals surface area contributed by atoms with Gasteiger partial charge in [-0.1, -0.05) is 17.7 Å². The Morgan fingerprint density at radius 1 is 1.15 bits per heavy atom. The molecule has 0 aliphatic rings. The number of fused-ring (bicyclic) bond motifs is 1. The Bertz CT molecular complexity index is 999. The van der Waals surface area contributed by atoms with Crippen LogP contribution >= 0.6 is 11.6 Å². The minimum Gasteiger partial charge on any atom is -0.353 e. The molecule has 140 valence electrons. The van der Waals surface area contributed by atoms with Gasteiger partial charge in [-0.05, 0) is 57.5 Å². The topological polar surface area (TPSA) is 58.1 Å². The van der Waals surface area contributed by atoms with Gasteiger partial charge in [-0.15, -0.1) is 0 Å². The van der Waals surface area contributed by atoms with Gasteiger partial charge in [0.2, 0.25) is 0 Å². The summed E-state index contributed by atoms with van der Waals surface area (Å²) in [5.74, 6) is -0.0688. The molecule has 3 rings (SSSR count). The predicted molar refractivity (Wildman–Crippen MR) is 111 cm³/mol. The molecule has 0 saturated heterocycles. The molecule has 1 N–H and O–H groups in total. The molecule has 2 aromatic heterocycles. The molecule has 0 unspecified atom stereocenters. The van der Waals surface area contributed by atoms with Crippen molar-refractivity contribution in [1.29, 1.82) is 0 Å². The molecule has 0 aliphatic carbocycles. The smallest absolute Gasteiger partial charge is 0.257 e. The standard InChI is InChI=1S/C21H23ClN4O/c1-5-26(6-2)21(27)16-12-23-20-15(9-8-14(4)24-20)19(16)25-18-10-7-13(3)11-17(18)22/h7-12H,5-6H2,1-4H3,(H,23,24,25). The van der Waals surface area contributed by atoms with Crippen molar-refractivity contribution in [3.8, 4) is 0 Å². The SMILES string of the molecule is CCN(CC)C(=O)c1cnc2nc(C)ccc2c1Nc1ccc(C)cc1Cl. The van der Waals surface area contributed by atoms with Crippen LogP contribution in [0.1, 0.15) is 35.5 Å². The highest BCUT2D eigenvalue weighted by atomic mass is 35.5. The lowest BCUT2D eigenvalue weighted by Crippen LogP contribution is -2.31. The Labute approximate surface area is 164 Å². The average Bonchev–Trinajstić information content (AvgIpc) is 2.64. The third-order valence-corrected chi connectivity index (χ3v) is 4.85. The monoisotopic (exact) mass is 382 g/mol. The summed E-state index contributed by atoms with van der Waals surface area (Å²) in [6.07, 6.45) is 1.60. The number of aryl methyl sites for hydroxylation is 2. The molecule has 27 heavy (non-hydrogen) atoms. The van der Waals surface area contributed by atoms with E-state index in [1.54, 1.807) is 11.1 Å². The molecule has 0 bridgehead atoms. The lowest BCUT2D eigenvalue weighted by atomic mass is 10.1. The lowest BCUT2D eigenvalue weighted by Gasteiger charge is -2.21. The number of nitrogens with zero attached hydrogens (tertiary/aromatic N) is 3. The Morgan fingerprint density at radius 2 is 1.89 bits per heavy atom. The molecular weight excluding hydrogens is 360 g/mol. The minimum absolute atomic E-state index is 0.0688. The number of pyridine rings is 2. The van der Waals surface area contributed by atoms with Gasteiger partial charge < -0.3 is 10.2 Å². The largest absolute Gasteiger partial charge is 0.353 e. The molecule has 0 saturated carbocycles. The molecule has 0 radical (unpaired) electrons. The summed E-state index contributed by atoms with van der Waals surface area (Å²) < 4.78 is 0. The number of aromatic nitrogens is 2. The summed E-state index contributed by atoms with van der Waals surface area (Å²) in [5, 5.41) is 4.74. The van der Waals surface area contributed by atoms with E-state index in [1.165, 1.54) is 0 Å². The number of nitrogens with one attached hydrogen (secondary N) is 1. The first-order valence-corrected chi connectivity index (χ1v) is 9.41. The summed E-state index contributed by atoms with van der Waals surface area (Å²) in [6, 6.07) is 9.64. The first kappa shape index (κ1) is 19.1. The van der Waals surface area contributed by atoms with Crippen LogP contribution in [0.4, 0.5) is 11.4 Å². The van der Waals surface area contributed by atoms with E-state index in [9.17, 15) is 4.79 Å². The van der Waals surface area contributed by atoms with Crippen LogP contribution in [-0.2, 0) is 0 Å². The van der Waals surface area contributed by atoms with E-state index < -0.39 is 0 Å². The highest BCUT2D eigenvalue weighted by Crippen LogP contribution is 2.33. The summed E-state index contributed by atoms with van der Waals surface area (Å²) >= 11 is 6.42. The fourth-order valence-corrected chi connectivity index (χ4v) is 3.29. The van der Waals surface area contributed by atoms with Crippen LogP contribution in [0.3, 0.4) is 0 Å². The first-order chi connectivity index (χ1) is 12.9. The van der Waals surface area contributed by atoms with Crippen molar-refractivity contribution in [1.82, 2.24) is 14.9 Å². The molecule has 0 atom stereocenters. The second-order valence-electron chi connectivity index (χ2n) is 6.46. The quantitative estimate of drug-likeness (QED) is 0.664. The van der Waals surface area contributed by atoms with Crippen molar-refractivity contribution in [3.63, 3.8) is 0 Å². The second-order valence-corrected chi connectivity index (χ2v) is 6.86. The fourth-order valence-electron chi connectivity index (χ4n) is 3.01. The zero-order chi connectivity index (χ0) is 19.6. The van der Waals surface area contributed by atoms with Crippen LogP contribution in [0.15, 0.2) is 36.5 Å². The van der Waals surface area contributed by atoms with Crippen molar-refractivity contribution in [3.05, 3.63) is 58.4 Å². The number of amides is 1. The molecule has 1 amide bonds. The van der Waals surface area contributed by atoms with Gasteiger partial charge in [0, 0.05) is 30.4 Å². The molecule has 2 heterocycles. The maximum Gasteiger partial charge on any atom is 0.257 e. The third-order valence-electron chi connectivity index (χ3n) is 4.53. The highest BCUT2D eigenvalue weighted by Gasteiger charge is 2.20. The number of rotatable bonds is 5. The van der Waals surface area contributed by atoms with E-state index in [-0.39, 0.29) is 5.91 Å². The van der Waals surface area contributed by atoms with Crippen LogP contribution < -0.4 is 5.32 Å². The van der Waals surface area contributed by atoms with Gasteiger partial charge in [0.15, 0.2) is 5.65 Å². The summed E-state index contributed by atoms with van der Waals surface area (Å²) in [6.45, 7) is 9.09. The molecule has 0 aliphatic heterocycles. The number of carbonyl (C=O) groups is 1. The van der Waals surface area contributed by atoms with E-state index in [2.05, 4.69) is 15.3 Å². The third kappa shape index (κ3) is 3.88. The molecule has 5 nitrogen and oxygen atoms in total. The van der Waals surface area contributed by atoms with Crippen LogP contribution in [0.2, 0.25) is 5.02 Å². The predicted octanol–water partition coefficient (Wildman–Crippen LogP) is 5.13. The molecule has 0 fully saturated rings. The van der Waals surface area contributed by atoms with Gasteiger partial charge in [-0.25, -0.2) is 9.97 Å². The molecule has 3 aromatic rings. The molecule has 0 spiro atoms. The maximum atomic E-state index is 13.1. The fraction of sp³-hybridized carbons (Fsp3) is 0.286. The van der Waals surface area contributed by atoms with E-state index in [1.807, 2.05) is 58.0 Å².